The van der Waals surface area contributed by atoms with Crippen LogP contribution in [0.5, 0.6) is 0 Å². The SMILES string of the molecule is O=C1CCN(CC2CC2)C(=O)C2(CCCC2)N1. The van der Waals surface area contributed by atoms with Crippen LogP contribution in [0, 0.1) is 5.92 Å². The first-order chi connectivity index (χ1) is 8.20. The number of rotatable bonds is 2. The maximum Gasteiger partial charge on any atom is 0.248 e. The standard InChI is InChI=1S/C13H20N2O2/c16-11-5-8-15(9-10-3-4-10)12(17)13(14-11)6-1-2-7-13/h10H,1-9H2,(H,14,16). The van der Waals surface area contributed by atoms with Crippen LogP contribution in [0.25, 0.3) is 0 Å². The van der Waals surface area contributed by atoms with Gasteiger partial charge in [-0.1, -0.05) is 12.8 Å². The Bertz CT molecular complexity index is 343. The number of hydrogen-bond donors (Lipinski definition) is 1. The average Bonchev–Trinajstić information content (AvgIpc) is 3.02. The van der Waals surface area contributed by atoms with Crippen LogP contribution in [-0.2, 0) is 9.59 Å². The van der Waals surface area contributed by atoms with Gasteiger partial charge in [0, 0.05) is 19.5 Å². The quantitative estimate of drug-likeness (QED) is 0.779. The number of nitrogens with zero attached hydrogens (tertiary/aromatic N) is 1. The van der Waals surface area contributed by atoms with Crippen molar-refractivity contribution >= 4 is 11.8 Å². The zero-order valence-electron chi connectivity index (χ0n) is 10.2. The van der Waals surface area contributed by atoms with Gasteiger partial charge in [0.15, 0.2) is 0 Å². The van der Waals surface area contributed by atoms with Crippen LogP contribution < -0.4 is 5.32 Å². The van der Waals surface area contributed by atoms with E-state index in [4.69, 9.17) is 0 Å². The lowest BCUT2D eigenvalue weighted by Crippen LogP contribution is -2.55. The molecule has 3 rings (SSSR count). The topological polar surface area (TPSA) is 49.4 Å². The molecule has 1 N–H and O–H groups in total. The Morgan fingerprint density at radius 2 is 1.94 bits per heavy atom. The molecule has 0 aromatic carbocycles. The maximum atomic E-state index is 12.6. The van der Waals surface area contributed by atoms with Gasteiger partial charge in [-0.2, -0.15) is 0 Å². The summed E-state index contributed by atoms with van der Waals surface area (Å²) >= 11 is 0. The van der Waals surface area contributed by atoms with Crippen molar-refractivity contribution < 1.29 is 9.59 Å². The zero-order chi connectivity index (χ0) is 11.9. The normalized spacial score (nSPS) is 28.4. The lowest BCUT2D eigenvalue weighted by molar-refractivity contribution is -0.138. The predicted octanol–water partition coefficient (Wildman–Crippen LogP) is 1.06. The minimum absolute atomic E-state index is 0.0542. The van der Waals surface area contributed by atoms with Gasteiger partial charge < -0.3 is 10.2 Å². The highest BCUT2D eigenvalue weighted by atomic mass is 16.2. The van der Waals surface area contributed by atoms with E-state index in [0.29, 0.717) is 18.9 Å². The largest absolute Gasteiger partial charge is 0.342 e. The van der Waals surface area contributed by atoms with E-state index in [9.17, 15) is 9.59 Å². The molecule has 0 bridgehead atoms. The molecule has 1 spiro atoms. The van der Waals surface area contributed by atoms with Crippen LogP contribution in [-0.4, -0.2) is 35.3 Å². The van der Waals surface area contributed by atoms with Crippen molar-refractivity contribution in [1.82, 2.24) is 10.2 Å². The summed E-state index contributed by atoms with van der Waals surface area (Å²) in [6.07, 6.45) is 6.75. The van der Waals surface area contributed by atoms with Gasteiger partial charge in [-0.25, -0.2) is 0 Å². The predicted molar refractivity (Wildman–Crippen MR) is 63.3 cm³/mol. The number of carbonyl (C=O) groups is 2. The molecule has 94 valence electrons. The lowest BCUT2D eigenvalue weighted by Gasteiger charge is -2.31. The van der Waals surface area contributed by atoms with Crippen LogP contribution in [0.2, 0.25) is 0 Å². The molecular formula is C13H20N2O2. The lowest BCUT2D eigenvalue weighted by atomic mass is 9.96. The van der Waals surface area contributed by atoms with E-state index in [1.165, 1.54) is 12.8 Å². The summed E-state index contributed by atoms with van der Waals surface area (Å²) < 4.78 is 0. The Balaban J connectivity index is 1.80. The average molecular weight is 236 g/mol. The summed E-state index contributed by atoms with van der Waals surface area (Å²) in [6.45, 7) is 1.48. The number of nitrogens with one attached hydrogen (secondary N) is 1. The van der Waals surface area contributed by atoms with E-state index >= 15 is 0 Å². The molecule has 17 heavy (non-hydrogen) atoms. The maximum absolute atomic E-state index is 12.6. The number of amides is 2. The molecule has 2 amide bonds. The highest BCUT2D eigenvalue weighted by Gasteiger charge is 2.47. The molecule has 4 nitrogen and oxygen atoms in total. The molecule has 0 unspecified atom stereocenters. The Hall–Kier alpha value is -1.06. The highest BCUT2D eigenvalue weighted by Crippen LogP contribution is 2.35. The fourth-order valence-electron chi connectivity index (χ4n) is 3.13. The van der Waals surface area contributed by atoms with Crippen LogP contribution in [0.1, 0.15) is 44.9 Å². The second-order valence-electron chi connectivity index (χ2n) is 5.78. The molecule has 0 radical (unpaired) electrons. The first-order valence-electron chi connectivity index (χ1n) is 6.80. The molecule has 1 saturated heterocycles. The van der Waals surface area contributed by atoms with E-state index < -0.39 is 5.54 Å². The molecule has 0 atom stereocenters. The molecule has 2 aliphatic carbocycles. The van der Waals surface area contributed by atoms with Crippen molar-refractivity contribution in [2.75, 3.05) is 13.1 Å². The fourth-order valence-corrected chi connectivity index (χ4v) is 3.13. The van der Waals surface area contributed by atoms with Gasteiger partial charge in [0.05, 0.1) is 0 Å². The highest BCUT2D eigenvalue weighted by molar-refractivity contribution is 5.93. The number of hydrogen-bond acceptors (Lipinski definition) is 2. The van der Waals surface area contributed by atoms with Gasteiger partial charge >= 0.3 is 0 Å². The fraction of sp³-hybridized carbons (Fsp3) is 0.846. The van der Waals surface area contributed by atoms with Crippen LogP contribution in [0.4, 0.5) is 0 Å². The molecule has 0 aromatic rings. The Morgan fingerprint density at radius 1 is 1.24 bits per heavy atom. The summed E-state index contributed by atoms with van der Waals surface area (Å²) in [5.74, 6) is 0.942. The molecule has 1 heterocycles. The van der Waals surface area contributed by atoms with Crippen LogP contribution in [0.15, 0.2) is 0 Å². The third-order valence-corrected chi connectivity index (χ3v) is 4.32. The van der Waals surface area contributed by atoms with Crippen molar-refractivity contribution in [3.8, 4) is 0 Å². The second kappa shape index (κ2) is 4.00. The third kappa shape index (κ3) is 2.05. The van der Waals surface area contributed by atoms with E-state index in [-0.39, 0.29) is 11.8 Å². The Morgan fingerprint density at radius 3 is 2.59 bits per heavy atom. The van der Waals surface area contributed by atoms with E-state index in [2.05, 4.69) is 5.32 Å². The molecule has 3 fully saturated rings. The summed E-state index contributed by atoms with van der Waals surface area (Å²) in [5.41, 5.74) is -0.539. The van der Waals surface area contributed by atoms with Crippen LogP contribution in [0.3, 0.4) is 0 Å². The minimum Gasteiger partial charge on any atom is -0.342 e. The summed E-state index contributed by atoms with van der Waals surface area (Å²) in [6, 6.07) is 0. The summed E-state index contributed by atoms with van der Waals surface area (Å²) in [4.78, 5) is 26.3. The van der Waals surface area contributed by atoms with E-state index in [1.807, 2.05) is 4.90 Å². The zero-order valence-corrected chi connectivity index (χ0v) is 10.2. The van der Waals surface area contributed by atoms with Crippen molar-refractivity contribution in [1.29, 1.82) is 0 Å². The Kier molecular flexibility index (Phi) is 2.60. The van der Waals surface area contributed by atoms with E-state index in [0.717, 1.165) is 32.2 Å². The van der Waals surface area contributed by atoms with Gasteiger partial charge in [-0.15, -0.1) is 0 Å². The molecule has 2 saturated carbocycles. The van der Waals surface area contributed by atoms with Crippen LogP contribution >= 0.6 is 0 Å². The molecule has 4 heteroatoms. The first kappa shape index (κ1) is 11.1. The van der Waals surface area contributed by atoms with Gasteiger partial charge in [0.1, 0.15) is 5.54 Å². The van der Waals surface area contributed by atoms with Crippen molar-refractivity contribution in [2.24, 2.45) is 5.92 Å². The molecule has 0 aromatic heterocycles. The third-order valence-electron chi connectivity index (χ3n) is 4.32. The molecule has 1 aliphatic heterocycles. The second-order valence-corrected chi connectivity index (χ2v) is 5.78. The first-order valence-corrected chi connectivity index (χ1v) is 6.80. The number of carbonyl (C=O) groups excluding carboxylic acids is 2. The summed E-state index contributed by atoms with van der Waals surface area (Å²) in [5, 5.41) is 3.00. The molecule has 3 aliphatic rings. The molecular weight excluding hydrogens is 216 g/mol. The summed E-state index contributed by atoms with van der Waals surface area (Å²) in [7, 11) is 0. The van der Waals surface area contributed by atoms with Crippen molar-refractivity contribution in [2.45, 2.75) is 50.5 Å². The minimum atomic E-state index is -0.539. The smallest absolute Gasteiger partial charge is 0.248 e. The van der Waals surface area contributed by atoms with E-state index in [1.54, 1.807) is 0 Å². The Labute approximate surface area is 102 Å². The van der Waals surface area contributed by atoms with Gasteiger partial charge in [0.2, 0.25) is 11.8 Å². The van der Waals surface area contributed by atoms with Crippen molar-refractivity contribution in [3.63, 3.8) is 0 Å². The van der Waals surface area contributed by atoms with Crippen molar-refractivity contribution in [3.05, 3.63) is 0 Å². The monoisotopic (exact) mass is 236 g/mol. The van der Waals surface area contributed by atoms with Gasteiger partial charge in [0.25, 0.3) is 0 Å². The van der Waals surface area contributed by atoms with Gasteiger partial charge in [-0.3, -0.25) is 9.59 Å². The van der Waals surface area contributed by atoms with Gasteiger partial charge in [-0.05, 0) is 31.6 Å².